The highest BCUT2D eigenvalue weighted by Crippen LogP contribution is 2.48. The minimum atomic E-state index is -3.20. The number of nitrogens with zero attached hydrogens (tertiary/aromatic N) is 4. The monoisotopic (exact) mass is 621 g/mol. The second kappa shape index (κ2) is 10.2. The van der Waals surface area contributed by atoms with Crippen LogP contribution in [0.2, 0.25) is 0 Å². The normalized spacial score (nSPS) is 19.5. The summed E-state index contributed by atoms with van der Waals surface area (Å²) in [6, 6.07) is 11.5. The van der Waals surface area contributed by atoms with Crippen LogP contribution in [0.3, 0.4) is 0 Å². The van der Waals surface area contributed by atoms with E-state index in [9.17, 15) is 22.0 Å². The van der Waals surface area contributed by atoms with Crippen LogP contribution in [0.15, 0.2) is 53.6 Å². The zero-order valence-corrected chi connectivity index (χ0v) is 26.1. The van der Waals surface area contributed by atoms with Crippen molar-refractivity contribution < 1.29 is 17.2 Å². The van der Waals surface area contributed by atoms with Crippen molar-refractivity contribution in [2.75, 3.05) is 31.1 Å². The van der Waals surface area contributed by atoms with Gasteiger partial charge in [-0.3, -0.25) is 4.79 Å². The number of hydrogen-bond donors (Lipinski definition) is 1. The molecule has 0 unspecified atom stereocenters. The zero-order valence-electron chi connectivity index (χ0n) is 25.2. The molecule has 5 heterocycles. The lowest BCUT2D eigenvalue weighted by Gasteiger charge is -2.54. The first-order chi connectivity index (χ1) is 20.9. The topological polar surface area (TPSA) is 91.3 Å². The summed E-state index contributed by atoms with van der Waals surface area (Å²) in [7, 11) is -1.54. The number of aromatic nitrogens is 3. The number of nitrogens with one attached hydrogen (secondary N) is 1. The molecule has 1 aliphatic carbocycles. The van der Waals surface area contributed by atoms with Crippen LogP contribution < -0.4 is 10.5 Å². The fourth-order valence-corrected chi connectivity index (χ4v) is 8.90. The number of aromatic amines is 1. The number of piperidine rings is 1. The SMILES string of the molecule is Cc1cc(-c2[nH]c3cc(-c4ccc(N5CC6(CCN(S(=O)(=O)C7(C)CC7)CC6)C5)nc4)ccc3c2CC(F)F)cn(C)c1=O. The van der Waals surface area contributed by atoms with Crippen LogP contribution >= 0.6 is 0 Å². The minimum Gasteiger partial charge on any atom is -0.355 e. The molecule has 3 aromatic heterocycles. The van der Waals surface area contributed by atoms with E-state index >= 15 is 0 Å². The van der Waals surface area contributed by atoms with Crippen LogP contribution in [0, 0.1) is 12.3 Å². The quantitative estimate of drug-likeness (QED) is 0.295. The maximum atomic E-state index is 13.6. The molecule has 2 aliphatic heterocycles. The second-order valence-electron chi connectivity index (χ2n) is 13.3. The van der Waals surface area contributed by atoms with Crippen molar-refractivity contribution in [1.82, 2.24) is 18.8 Å². The first-order valence-corrected chi connectivity index (χ1v) is 16.6. The van der Waals surface area contributed by atoms with Crippen molar-refractivity contribution in [2.45, 2.75) is 57.1 Å². The lowest BCUT2D eigenvalue weighted by molar-refractivity contribution is 0.113. The summed E-state index contributed by atoms with van der Waals surface area (Å²) in [5.74, 6) is 0.896. The van der Waals surface area contributed by atoms with E-state index in [-0.39, 0.29) is 11.0 Å². The van der Waals surface area contributed by atoms with Crippen LogP contribution in [0.1, 0.15) is 43.7 Å². The molecule has 1 N–H and O–H groups in total. The fraction of sp³-hybridized carbons (Fsp3) is 0.455. The van der Waals surface area contributed by atoms with Crippen molar-refractivity contribution in [2.24, 2.45) is 12.5 Å². The molecular weight excluding hydrogens is 584 g/mol. The van der Waals surface area contributed by atoms with Gasteiger partial charge in [0.1, 0.15) is 5.82 Å². The van der Waals surface area contributed by atoms with E-state index in [1.54, 1.807) is 30.5 Å². The fourth-order valence-electron chi connectivity index (χ4n) is 6.99. The van der Waals surface area contributed by atoms with Crippen LogP contribution in [0.5, 0.6) is 0 Å². The van der Waals surface area contributed by atoms with Crippen LogP contribution in [0.4, 0.5) is 14.6 Å². The van der Waals surface area contributed by atoms with Gasteiger partial charge in [0, 0.05) is 85.0 Å². The summed E-state index contributed by atoms with van der Waals surface area (Å²) in [4.78, 5) is 22.6. The molecule has 1 spiro atoms. The van der Waals surface area contributed by atoms with E-state index in [1.165, 1.54) is 4.57 Å². The molecule has 3 aliphatic rings. The van der Waals surface area contributed by atoms with Crippen molar-refractivity contribution in [3.63, 3.8) is 0 Å². The molecular formula is C33H37F2N5O3S. The second-order valence-corrected chi connectivity index (χ2v) is 15.7. The van der Waals surface area contributed by atoms with Gasteiger partial charge in [0.25, 0.3) is 5.56 Å². The number of H-pyrrole nitrogens is 1. The Balaban J connectivity index is 1.08. The molecule has 0 amide bonds. The van der Waals surface area contributed by atoms with E-state index in [1.807, 2.05) is 43.5 Å². The molecule has 7 rings (SSSR count). The Kier molecular flexibility index (Phi) is 6.78. The summed E-state index contributed by atoms with van der Waals surface area (Å²) in [6.07, 6.45) is 3.90. The summed E-state index contributed by atoms with van der Waals surface area (Å²) >= 11 is 0. The summed E-state index contributed by atoms with van der Waals surface area (Å²) in [6.45, 7) is 6.53. The molecule has 232 valence electrons. The third-order valence-corrected chi connectivity index (χ3v) is 12.8. The summed E-state index contributed by atoms with van der Waals surface area (Å²) in [5.41, 5.74) is 4.99. The molecule has 0 atom stereocenters. The maximum absolute atomic E-state index is 13.6. The van der Waals surface area contributed by atoms with Crippen LogP contribution in [-0.4, -0.2) is 64.6 Å². The Labute approximate surface area is 255 Å². The van der Waals surface area contributed by atoms with Crippen LogP contribution in [-0.2, 0) is 23.5 Å². The largest absolute Gasteiger partial charge is 0.355 e. The Morgan fingerprint density at radius 3 is 2.32 bits per heavy atom. The van der Waals surface area contributed by atoms with E-state index < -0.39 is 27.6 Å². The number of sulfonamides is 1. The Hall–Kier alpha value is -3.57. The average molecular weight is 622 g/mol. The summed E-state index contributed by atoms with van der Waals surface area (Å²) < 4.78 is 55.8. The molecule has 11 heteroatoms. The van der Waals surface area contributed by atoms with Gasteiger partial charge in [-0.2, -0.15) is 0 Å². The summed E-state index contributed by atoms with van der Waals surface area (Å²) in [5, 5.41) is 0.732. The highest BCUT2D eigenvalue weighted by Gasteiger charge is 2.55. The van der Waals surface area contributed by atoms with Gasteiger partial charge in [-0.05, 0) is 74.9 Å². The first kappa shape index (κ1) is 29.2. The number of alkyl halides is 2. The molecule has 4 aromatic rings. The third-order valence-electron chi connectivity index (χ3n) is 10.1. The molecule has 44 heavy (non-hydrogen) atoms. The van der Waals surface area contributed by atoms with Crippen molar-refractivity contribution in [1.29, 1.82) is 0 Å². The number of hydrogen-bond acceptors (Lipinski definition) is 5. The van der Waals surface area contributed by atoms with Gasteiger partial charge in [-0.1, -0.05) is 12.1 Å². The third kappa shape index (κ3) is 4.84. The number of halogens is 2. The van der Waals surface area contributed by atoms with E-state index in [2.05, 4.69) is 9.88 Å². The predicted molar refractivity (Wildman–Crippen MR) is 169 cm³/mol. The molecule has 2 saturated heterocycles. The number of aryl methyl sites for hydroxylation is 2. The van der Waals surface area contributed by atoms with Gasteiger partial charge in [0.2, 0.25) is 16.4 Å². The standard InChI is InChI=1S/C33H37F2N5O3S/c1-21-14-24(18-38(3)31(21)41)30-26(16-28(34)35)25-6-4-22(15-27(25)37-30)23-5-7-29(36-17-23)39-19-33(20-39)10-12-40(13-11-33)44(42,43)32(2)8-9-32/h4-7,14-15,17-18,28,37H,8-13,16,19-20H2,1-3H3. The number of pyridine rings is 2. The Morgan fingerprint density at radius 2 is 1.70 bits per heavy atom. The maximum Gasteiger partial charge on any atom is 0.253 e. The molecule has 1 aromatic carbocycles. The minimum absolute atomic E-state index is 0.119. The van der Waals surface area contributed by atoms with Gasteiger partial charge >= 0.3 is 0 Å². The van der Waals surface area contributed by atoms with Crippen molar-refractivity contribution in [3.05, 3.63) is 70.3 Å². The molecule has 3 fully saturated rings. The van der Waals surface area contributed by atoms with Gasteiger partial charge in [0.15, 0.2) is 0 Å². The number of rotatable bonds is 7. The number of benzene rings is 1. The number of anilines is 1. The van der Waals surface area contributed by atoms with Gasteiger partial charge < -0.3 is 14.5 Å². The van der Waals surface area contributed by atoms with Gasteiger partial charge in [-0.15, -0.1) is 0 Å². The van der Waals surface area contributed by atoms with Gasteiger partial charge in [0.05, 0.1) is 10.4 Å². The molecule has 1 saturated carbocycles. The highest BCUT2D eigenvalue weighted by atomic mass is 32.2. The molecule has 8 nitrogen and oxygen atoms in total. The Bertz CT molecular complexity index is 1890. The van der Waals surface area contributed by atoms with Crippen LogP contribution in [0.25, 0.3) is 33.3 Å². The van der Waals surface area contributed by atoms with Crippen molar-refractivity contribution in [3.8, 4) is 22.4 Å². The highest BCUT2D eigenvalue weighted by molar-refractivity contribution is 7.90. The van der Waals surface area contributed by atoms with E-state index in [0.29, 0.717) is 35.5 Å². The lowest BCUT2D eigenvalue weighted by atomic mass is 9.72. The molecule has 0 bridgehead atoms. The Morgan fingerprint density at radius 1 is 1.00 bits per heavy atom. The lowest BCUT2D eigenvalue weighted by Crippen LogP contribution is -2.61. The first-order valence-electron chi connectivity index (χ1n) is 15.2. The van der Waals surface area contributed by atoms with Gasteiger partial charge in [-0.25, -0.2) is 26.5 Å². The zero-order chi connectivity index (χ0) is 31.0. The van der Waals surface area contributed by atoms with Crippen molar-refractivity contribution >= 4 is 26.7 Å². The average Bonchev–Trinajstić information content (AvgIpc) is 3.66. The van der Waals surface area contributed by atoms with E-state index in [0.717, 1.165) is 66.6 Å². The van der Waals surface area contributed by atoms with E-state index in [4.69, 9.17) is 4.98 Å². The number of fused-ring (bicyclic) bond motifs is 1. The molecule has 0 radical (unpaired) electrons. The smallest absolute Gasteiger partial charge is 0.253 e. The predicted octanol–water partition coefficient (Wildman–Crippen LogP) is 5.50.